The molecule has 1 nitrogen and oxygen atoms in total. The van der Waals surface area contributed by atoms with Crippen LogP contribution in [0.3, 0.4) is 0 Å². The molecule has 0 aromatic carbocycles. The lowest BCUT2D eigenvalue weighted by Gasteiger charge is -2.47. The molecule has 2 saturated carbocycles. The van der Waals surface area contributed by atoms with Gasteiger partial charge in [0.1, 0.15) is 6.17 Å². The van der Waals surface area contributed by atoms with Crippen LogP contribution in [0.2, 0.25) is 0 Å². The molecule has 0 heterocycles. The van der Waals surface area contributed by atoms with Crippen LogP contribution in [0.25, 0.3) is 0 Å². The lowest BCUT2D eigenvalue weighted by molar-refractivity contribution is -0.410. The molecule has 5 atom stereocenters. The van der Waals surface area contributed by atoms with Gasteiger partial charge in [0, 0.05) is 12.8 Å². The third-order valence-corrected chi connectivity index (χ3v) is 4.95. The second-order valence-electron chi connectivity index (χ2n) is 6.88. The van der Waals surface area contributed by atoms with E-state index in [0.717, 1.165) is 6.92 Å². The Morgan fingerprint density at radius 1 is 0.964 bits per heavy atom. The quantitative estimate of drug-likeness (QED) is 0.488. The summed E-state index contributed by atoms with van der Waals surface area (Å²) in [5.41, 5.74) is -9.42. The third kappa shape index (κ3) is 4.67. The molecule has 0 spiro atoms. The first-order valence-corrected chi connectivity index (χ1v) is 7.46. The number of hydrogen-bond acceptors (Lipinski definition) is 1. The van der Waals surface area contributed by atoms with Crippen molar-refractivity contribution in [2.24, 2.45) is 17.8 Å². The van der Waals surface area contributed by atoms with E-state index >= 15 is 0 Å². The fourth-order valence-electron chi connectivity index (χ4n) is 3.70. The first kappa shape index (κ1) is 29.4. The number of fused-ring (bicyclic) bond motifs is 2. The molecule has 2 rings (SSSR count). The molecule has 0 saturated heterocycles. The summed E-state index contributed by atoms with van der Waals surface area (Å²) in [6.45, 7) is 0.0377. The van der Waals surface area contributed by atoms with E-state index in [1.165, 1.54) is 0 Å². The van der Waals surface area contributed by atoms with E-state index in [1.54, 1.807) is 0 Å². The zero-order valence-corrected chi connectivity index (χ0v) is 13.5. The normalized spacial score (nSPS) is 32.8. The summed E-state index contributed by atoms with van der Waals surface area (Å²) >= 11 is 0. The van der Waals surface area contributed by atoms with Gasteiger partial charge in [0.2, 0.25) is 0 Å². The Labute approximate surface area is 156 Å². The van der Waals surface area contributed by atoms with E-state index in [-0.39, 0.29) is 14.9 Å². The zero-order valence-electron chi connectivity index (χ0n) is 13.5. The van der Waals surface area contributed by atoms with Gasteiger partial charge in [-0.15, -0.1) is 0 Å². The van der Waals surface area contributed by atoms with E-state index in [9.17, 15) is 53.4 Å². The van der Waals surface area contributed by atoms with Crippen LogP contribution in [-0.4, -0.2) is 47.5 Å². The lowest BCUT2D eigenvalue weighted by Crippen LogP contribution is -2.71. The van der Waals surface area contributed by atoms with Gasteiger partial charge in [0.25, 0.3) is 11.5 Å². The minimum Gasteiger partial charge on any atom is -0.371 e. The molecule has 2 fully saturated rings. The highest BCUT2D eigenvalue weighted by Gasteiger charge is 2.85. The zero-order chi connectivity index (χ0) is 20.9. The summed E-state index contributed by atoms with van der Waals surface area (Å²) in [5.74, 6) is -7.46. The van der Waals surface area contributed by atoms with Crippen molar-refractivity contribution in [3.63, 3.8) is 0 Å². The van der Waals surface area contributed by atoms with E-state index in [4.69, 9.17) is 0 Å². The Morgan fingerprint density at radius 3 is 1.54 bits per heavy atom. The van der Waals surface area contributed by atoms with Crippen molar-refractivity contribution in [1.29, 1.82) is 0 Å². The summed E-state index contributed by atoms with van der Waals surface area (Å²) in [4.78, 5) is 0. The first-order valence-electron chi connectivity index (χ1n) is 7.46. The fraction of sp³-hybridized carbons (Fsp3) is 1.00. The molecule has 2 bridgehead atoms. The van der Waals surface area contributed by atoms with Crippen LogP contribution in [-0.2, 0) is 0 Å². The number of rotatable bonds is 2. The van der Waals surface area contributed by atoms with E-state index in [2.05, 4.69) is 0 Å². The van der Waals surface area contributed by atoms with E-state index in [1.807, 2.05) is 0 Å². The summed E-state index contributed by atoms with van der Waals surface area (Å²) < 4.78 is 137. The van der Waals surface area contributed by atoms with Crippen LogP contribution in [0.5, 0.6) is 0 Å². The average Bonchev–Trinajstić information content (AvgIpc) is 2.93. The second-order valence-corrected chi connectivity index (χ2v) is 6.88. The van der Waals surface area contributed by atoms with Gasteiger partial charge < -0.3 is 5.11 Å². The molecular weight excluding hydrogens is 417 g/mol. The standard InChI is InChI=1S/C11H12F8O.C3H5F3.2CH4/c1-4-6-2-5(7(4)12)3-8(6,13)9(20,10(14,15)16)11(17,18)19;1-3(5,6)2-4;;/h4-7,20H,2-3H2,1H3;2H2,1H3;2*1H4. The van der Waals surface area contributed by atoms with Crippen molar-refractivity contribution >= 4 is 0 Å². The molecule has 0 aliphatic heterocycles. The Morgan fingerprint density at radius 2 is 1.32 bits per heavy atom. The van der Waals surface area contributed by atoms with Crippen LogP contribution in [0.15, 0.2) is 0 Å². The maximum atomic E-state index is 14.6. The van der Waals surface area contributed by atoms with Gasteiger partial charge in [-0.3, -0.25) is 0 Å². The van der Waals surface area contributed by atoms with Gasteiger partial charge >= 0.3 is 12.4 Å². The van der Waals surface area contributed by atoms with Crippen LogP contribution >= 0.6 is 0 Å². The minimum atomic E-state index is -6.23. The molecular formula is C16H25F11O. The molecule has 2 aliphatic rings. The van der Waals surface area contributed by atoms with Gasteiger partial charge in [-0.2, -0.15) is 26.3 Å². The topological polar surface area (TPSA) is 20.2 Å². The van der Waals surface area contributed by atoms with Crippen LogP contribution < -0.4 is 0 Å². The van der Waals surface area contributed by atoms with Crippen molar-refractivity contribution in [1.82, 2.24) is 0 Å². The Hall–Kier alpha value is -0.810. The molecule has 0 aromatic heterocycles. The van der Waals surface area contributed by atoms with Crippen molar-refractivity contribution < 1.29 is 53.4 Å². The Kier molecular flexibility index (Phi) is 8.93. The summed E-state index contributed by atoms with van der Waals surface area (Å²) in [5, 5.41) is 9.22. The van der Waals surface area contributed by atoms with Gasteiger partial charge in [0.15, 0.2) is 12.3 Å². The number of alkyl halides is 11. The molecule has 0 amide bonds. The smallest absolute Gasteiger partial charge is 0.371 e. The van der Waals surface area contributed by atoms with Crippen molar-refractivity contribution in [2.45, 2.75) is 77.3 Å². The highest BCUT2D eigenvalue weighted by Crippen LogP contribution is 2.65. The average molecular weight is 442 g/mol. The molecule has 2 aliphatic carbocycles. The highest BCUT2D eigenvalue weighted by atomic mass is 19.4. The summed E-state index contributed by atoms with van der Waals surface area (Å²) in [6.07, 6.45) is -15.8. The van der Waals surface area contributed by atoms with E-state index in [0.29, 0.717) is 6.92 Å². The maximum absolute atomic E-state index is 14.6. The van der Waals surface area contributed by atoms with Gasteiger partial charge in [-0.05, 0) is 24.7 Å². The van der Waals surface area contributed by atoms with Gasteiger partial charge in [-0.25, -0.2) is 22.0 Å². The molecule has 12 heteroatoms. The minimum absolute atomic E-state index is 0. The second kappa shape index (κ2) is 8.51. The predicted octanol–water partition coefficient (Wildman–Crippen LogP) is 6.45. The lowest BCUT2D eigenvalue weighted by atomic mass is 9.68. The van der Waals surface area contributed by atoms with Crippen LogP contribution in [0.1, 0.15) is 41.5 Å². The van der Waals surface area contributed by atoms with Crippen molar-refractivity contribution in [3.8, 4) is 0 Å². The monoisotopic (exact) mass is 442 g/mol. The summed E-state index contributed by atoms with van der Waals surface area (Å²) in [6, 6.07) is 0. The SMILES string of the molecule is C.C.CC(F)(F)CF.CC1C(F)C2CC1C(F)(C(O)(C(F)(F)F)C(F)(F)F)C2. The van der Waals surface area contributed by atoms with Crippen molar-refractivity contribution in [2.75, 3.05) is 6.67 Å². The third-order valence-electron chi connectivity index (χ3n) is 4.95. The highest BCUT2D eigenvalue weighted by molar-refractivity contribution is 5.20. The van der Waals surface area contributed by atoms with Crippen LogP contribution in [0.4, 0.5) is 48.3 Å². The van der Waals surface area contributed by atoms with Gasteiger partial charge in [0.05, 0.1) is 0 Å². The van der Waals surface area contributed by atoms with Crippen LogP contribution in [0, 0.1) is 17.8 Å². The number of hydrogen-bond donors (Lipinski definition) is 1. The van der Waals surface area contributed by atoms with Gasteiger partial charge in [-0.1, -0.05) is 21.8 Å². The largest absolute Gasteiger partial charge is 0.429 e. The first-order chi connectivity index (χ1) is 11.3. The predicted molar refractivity (Wildman–Crippen MR) is 81.2 cm³/mol. The van der Waals surface area contributed by atoms with E-state index < -0.39 is 73.0 Å². The maximum Gasteiger partial charge on any atom is 0.429 e. The summed E-state index contributed by atoms with van der Waals surface area (Å²) in [7, 11) is 0. The molecule has 5 unspecified atom stereocenters. The molecule has 0 radical (unpaired) electrons. The fourth-order valence-corrected chi connectivity index (χ4v) is 3.70. The Balaban J connectivity index is 0. The Bertz CT molecular complexity index is 480. The molecule has 172 valence electrons. The molecule has 0 aromatic rings. The molecule has 1 N–H and O–H groups in total. The van der Waals surface area contributed by atoms with Crippen molar-refractivity contribution in [3.05, 3.63) is 0 Å². The number of aliphatic hydroxyl groups is 1. The molecule has 28 heavy (non-hydrogen) atoms. The number of halogens is 11.